The molecule has 120 valence electrons. The molecule has 1 aromatic heterocycles. The Labute approximate surface area is 130 Å². The SMILES string of the molecule is CC(=O)N1CCC[C@H](C(=O)N2CCC[C@H]2c2cc(C)on2)C1. The van der Waals surface area contributed by atoms with Gasteiger partial charge in [-0.25, -0.2) is 0 Å². The van der Waals surface area contributed by atoms with Crippen LogP contribution in [0.1, 0.15) is 50.1 Å². The molecule has 0 unspecified atom stereocenters. The third kappa shape index (κ3) is 2.87. The van der Waals surface area contributed by atoms with Gasteiger partial charge < -0.3 is 14.3 Å². The average Bonchev–Trinajstić information content (AvgIpc) is 3.15. The van der Waals surface area contributed by atoms with Gasteiger partial charge in [-0.3, -0.25) is 9.59 Å². The van der Waals surface area contributed by atoms with Crippen LogP contribution < -0.4 is 0 Å². The van der Waals surface area contributed by atoms with Crippen molar-refractivity contribution in [1.29, 1.82) is 0 Å². The number of aromatic nitrogens is 1. The molecule has 3 heterocycles. The van der Waals surface area contributed by atoms with Gasteiger partial charge in [-0.2, -0.15) is 0 Å². The molecule has 2 aliphatic rings. The number of aryl methyl sites for hydroxylation is 1. The van der Waals surface area contributed by atoms with Gasteiger partial charge in [0.25, 0.3) is 0 Å². The molecule has 0 spiro atoms. The summed E-state index contributed by atoms with van der Waals surface area (Å²) in [5, 5.41) is 4.09. The zero-order valence-corrected chi connectivity index (χ0v) is 13.2. The Morgan fingerprint density at radius 3 is 2.73 bits per heavy atom. The largest absolute Gasteiger partial charge is 0.361 e. The Hall–Kier alpha value is -1.85. The highest BCUT2D eigenvalue weighted by atomic mass is 16.5. The molecule has 2 atom stereocenters. The minimum absolute atomic E-state index is 0.0256. The van der Waals surface area contributed by atoms with Gasteiger partial charge >= 0.3 is 0 Å². The topological polar surface area (TPSA) is 66.7 Å². The van der Waals surface area contributed by atoms with Gasteiger partial charge in [0.05, 0.1) is 12.0 Å². The molecule has 6 nitrogen and oxygen atoms in total. The maximum atomic E-state index is 12.9. The first kappa shape index (κ1) is 15.1. The van der Waals surface area contributed by atoms with Gasteiger partial charge in [0.15, 0.2) is 0 Å². The van der Waals surface area contributed by atoms with Gasteiger partial charge in [0.1, 0.15) is 11.5 Å². The van der Waals surface area contributed by atoms with E-state index < -0.39 is 0 Å². The van der Waals surface area contributed by atoms with E-state index in [9.17, 15) is 9.59 Å². The molecule has 0 aliphatic carbocycles. The lowest BCUT2D eigenvalue weighted by Crippen LogP contribution is -2.46. The molecule has 0 N–H and O–H groups in total. The van der Waals surface area contributed by atoms with Crippen molar-refractivity contribution in [3.05, 3.63) is 17.5 Å². The van der Waals surface area contributed by atoms with E-state index in [0.717, 1.165) is 50.2 Å². The highest BCUT2D eigenvalue weighted by Crippen LogP contribution is 2.34. The first-order valence-electron chi connectivity index (χ1n) is 8.05. The van der Waals surface area contributed by atoms with Crippen LogP contribution in [0.25, 0.3) is 0 Å². The molecule has 0 aromatic carbocycles. The number of piperidine rings is 1. The molecule has 2 amide bonds. The normalized spacial score (nSPS) is 25.5. The lowest BCUT2D eigenvalue weighted by atomic mass is 9.96. The van der Waals surface area contributed by atoms with Gasteiger partial charge in [0, 0.05) is 32.6 Å². The highest BCUT2D eigenvalue weighted by molar-refractivity contribution is 5.81. The summed E-state index contributed by atoms with van der Waals surface area (Å²) in [6.45, 7) is 5.53. The van der Waals surface area contributed by atoms with E-state index in [1.807, 2.05) is 17.9 Å². The van der Waals surface area contributed by atoms with E-state index in [0.29, 0.717) is 6.54 Å². The zero-order valence-electron chi connectivity index (χ0n) is 13.2. The van der Waals surface area contributed by atoms with Crippen LogP contribution in [0, 0.1) is 12.8 Å². The molecule has 1 aromatic rings. The van der Waals surface area contributed by atoms with Crippen LogP contribution in [0.4, 0.5) is 0 Å². The van der Waals surface area contributed by atoms with Crippen LogP contribution in [0.15, 0.2) is 10.6 Å². The summed E-state index contributed by atoms with van der Waals surface area (Å²) in [6, 6.07) is 1.94. The second-order valence-corrected chi connectivity index (χ2v) is 6.36. The lowest BCUT2D eigenvalue weighted by molar-refractivity contribution is -0.141. The van der Waals surface area contributed by atoms with Crippen molar-refractivity contribution in [3.63, 3.8) is 0 Å². The van der Waals surface area contributed by atoms with E-state index >= 15 is 0 Å². The molecule has 0 bridgehead atoms. The fourth-order valence-electron chi connectivity index (χ4n) is 3.58. The van der Waals surface area contributed by atoms with Gasteiger partial charge in [-0.05, 0) is 32.6 Å². The predicted octanol–water partition coefficient (Wildman–Crippen LogP) is 1.91. The molecular weight excluding hydrogens is 282 g/mol. The van der Waals surface area contributed by atoms with Crippen molar-refractivity contribution in [1.82, 2.24) is 15.0 Å². The molecule has 3 rings (SSSR count). The number of amides is 2. The van der Waals surface area contributed by atoms with Gasteiger partial charge in [-0.1, -0.05) is 5.16 Å². The molecule has 2 fully saturated rings. The molecule has 6 heteroatoms. The fourth-order valence-corrected chi connectivity index (χ4v) is 3.58. The Balaban J connectivity index is 1.72. The third-order valence-corrected chi connectivity index (χ3v) is 4.74. The van der Waals surface area contributed by atoms with E-state index in [1.54, 1.807) is 11.8 Å². The molecule has 0 radical (unpaired) electrons. The monoisotopic (exact) mass is 305 g/mol. The Bertz CT molecular complexity index is 569. The number of rotatable bonds is 2. The van der Waals surface area contributed by atoms with E-state index in [-0.39, 0.29) is 23.8 Å². The minimum atomic E-state index is -0.0775. The summed E-state index contributed by atoms with van der Waals surface area (Å²) in [5.41, 5.74) is 0.850. The maximum Gasteiger partial charge on any atom is 0.228 e. The molecule has 2 aliphatic heterocycles. The zero-order chi connectivity index (χ0) is 15.7. The van der Waals surface area contributed by atoms with Crippen LogP contribution in [0.3, 0.4) is 0 Å². The van der Waals surface area contributed by atoms with Crippen molar-refractivity contribution < 1.29 is 14.1 Å². The summed E-state index contributed by atoms with van der Waals surface area (Å²) in [6.07, 6.45) is 3.69. The van der Waals surface area contributed by atoms with Crippen LogP contribution in [-0.2, 0) is 9.59 Å². The summed E-state index contributed by atoms with van der Waals surface area (Å²) >= 11 is 0. The second-order valence-electron chi connectivity index (χ2n) is 6.36. The summed E-state index contributed by atoms with van der Waals surface area (Å²) in [7, 11) is 0. The predicted molar refractivity (Wildman–Crippen MR) is 79.9 cm³/mol. The van der Waals surface area contributed by atoms with Crippen LogP contribution in [0.5, 0.6) is 0 Å². The first-order chi connectivity index (χ1) is 10.6. The maximum absolute atomic E-state index is 12.9. The fraction of sp³-hybridized carbons (Fsp3) is 0.688. The summed E-state index contributed by atoms with van der Waals surface area (Å²) in [5.74, 6) is 0.915. The molecular formula is C16H23N3O3. The Morgan fingerprint density at radius 2 is 2.05 bits per heavy atom. The summed E-state index contributed by atoms with van der Waals surface area (Å²) in [4.78, 5) is 28.2. The third-order valence-electron chi connectivity index (χ3n) is 4.74. The number of carbonyl (C=O) groups is 2. The first-order valence-corrected chi connectivity index (χ1v) is 8.05. The standard InChI is InChI=1S/C16H23N3O3/c1-11-9-14(17-22-11)15-6-4-8-19(15)16(21)13-5-3-7-18(10-13)12(2)20/h9,13,15H,3-8,10H2,1-2H3/t13-,15-/m0/s1. The second kappa shape index (κ2) is 6.10. The molecule has 0 saturated carbocycles. The average molecular weight is 305 g/mol. The molecule has 2 saturated heterocycles. The van der Waals surface area contributed by atoms with Crippen molar-refractivity contribution >= 4 is 11.8 Å². The minimum Gasteiger partial charge on any atom is -0.361 e. The highest BCUT2D eigenvalue weighted by Gasteiger charge is 2.37. The van der Waals surface area contributed by atoms with Crippen LogP contribution in [0.2, 0.25) is 0 Å². The van der Waals surface area contributed by atoms with Crippen molar-refractivity contribution in [2.24, 2.45) is 5.92 Å². The quantitative estimate of drug-likeness (QED) is 0.837. The van der Waals surface area contributed by atoms with E-state index in [4.69, 9.17) is 4.52 Å². The van der Waals surface area contributed by atoms with Crippen LogP contribution >= 0.6 is 0 Å². The number of hydrogen-bond donors (Lipinski definition) is 0. The van der Waals surface area contributed by atoms with Crippen LogP contribution in [-0.4, -0.2) is 46.4 Å². The van der Waals surface area contributed by atoms with Crippen molar-refractivity contribution in [2.75, 3.05) is 19.6 Å². The van der Waals surface area contributed by atoms with Gasteiger partial charge in [0.2, 0.25) is 11.8 Å². The van der Waals surface area contributed by atoms with E-state index in [1.165, 1.54) is 0 Å². The van der Waals surface area contributed by atoms with Crippen molar-refractivity contribution in [2.45, 2.75) is 45.6 Å². The van der Waals surface area contributed by atoms with Gasteiger partial charge in [-0.15, -0.1) is 0 Å². The summed E-state index contributed by atoms with van der Waals surface area (Å²) < 4.78 is 5.16. The number of carbonyl (C=O) groups excluding carboxylic acids is 2. The van der Waals surface area contributed by atoms with Crippen molar-refractivity contribution in [3.8, 4) is 0 Å². The molecule has 22 heavy (non-hydrogen) atoms. The Kier molecular flexibility index (Phi) is 4.18. The number of hydrogen-bond acceptors (Lipinski definition) is 4. The number of likely N-dealkylation sites (tertiary alicyclic amines) is 2. The number of nitrogens with zero attached hydrogens (tertiary/aromatic N) is 3. The smallest absolute Gasteiger partial charge is 0.228 e. The Morgan fingerprint density at radius 1 is 1.27 bits per heavy atom. The van der Waals surface area contributed by atoms with E-state index in [2.05, 4.69) is 5.16 Å². The lowest BCUT2D eigenvalue weighted by Gasteiger charge is -2.34.